The molecule has 0 radical (unpaired) electrons. The molecule has 0 aliphatic carbocycles. The van der Waals surface area contributed by atoms with Crippen molar-refractivity contribution in [3.8, 4) is 0 Å². The predicted molar refractivity (Wildman–Crippen MR) is 26.4 cm³/mol. The van der Waals surface area contributed by atoms with Crippen LogP contribution in [0.25, 0.3) is 5.53 Å². The van der Waals surface area contributed by atoms with Crippen LogP contribution in [0.2, 0.25) is 0 Å². The van der Waals surface area contributed by atoms with E-state index in [2.05, 4.69) is 9.53 Å². The van der Waals surface area contributed by atoms with Gasteiger partial charge in [0.25, 0.3) is 0 Å². The number of rotatable bonds is 2. The Labute approximate surface area is 46.6 Å². The zero-order valence-corrected chi connectivity index (χ0v) is 4.46. The standard InChI is InChI=1S/C4H6N2O2/c1-2-8-4(7)3-6-5/h7H,2H2,1H3. The summed E-state index contributed by atoms with van der Waals surface area (Å²) in [5.74, 6) is 1.27. The van der Waals surface area contributed by atoms with Crippen molar-refractivity contribution < 1.29 is 14.6 Å². The molecular formula is C4H6N2O2. The van der Waals surface area contributed by atoms with Crippen molar-refractivity contribution >= 4 is 5.87 Å². The largest absolute Gasteiger partial charge is 0.470 e. The minimum atomic E-state index is -0.505. The molecule has 0 aliphatic heterocycles. The first kappa shape index (κ1) is 6.76. The molecule has 44 valence electrons. The number of hydrogen-bond acceptors (Lipinski definition) is 2. The van der Waals surface area contributed by atoms with Crippen LogP contribution in [0.3, 0.4) is 0 Å². The minimum absolute atomic E-state index is 0.328. The molecular weight excluding hydrogens is 108 g/mol. The second-order valence-electron chi connectivity index (χ2n) is 0.950. The number of aliphatic hydroxyl groups is 1. The van der Waals surface area contributed by atoms with Crippen LogP contribution in [0.15, 0.2) is 5.95 Å². The fourth-order valence-corrected chi connectivity index (χ4v) is 0.212. The van der Waals surface area contributed by atoms with Crippen molar-refractivity contribution in [1.29, 1.82) is 0 Å². The van der Waals surface area contributed by atoms with E-state index in [1.807, 2.05) is 0 Å². The smallest absolute Gasteiger partial charge is 0.411 e. The van der Waals surface area contributed by atoms with Gasteiger partial charge < -0.3 is 15.4 Å². The van der Waals surface area contributed by atoms with E-state index in [0.29, 0.717) is 6.61 Å². The molecule has 0 aromatic carbocycles. The maximum Gasteiger partial charge on any atom is 0.411 e. The van der Waals surface area contributed by atoms with Gasteiger partial charge in [0.1, 0.15) is 0 Å². The Bertz CT molecular complexity index is 142. The summed E-state index contributed by atoms with van der Waals surface area (Å²) in [6.45, 7) is 2.02. The molecule has 0 amide bonds. The van der Waals surface area contributed by atoms with Gasteiger partial charge in [-0.25, -0.2) is 0 Å². The second-order valence-corrected chi connectivity index (χ2v) is 0.950. The van der Waals surface area contributed by atoms with Crippen molar-refractivity contribution in [3.05, 3.63) is 11.5 Å². The Morgan fingerprint density at radius 3 is 3.00 bits per heavy atom. The summed E-state index contributed by atoms with van der Waals surface area (Å²) >= 11 is 0. The molecule has 0 heterocycles. The zero-order valence-electron chi connectivity index (χ0n) is 4.46. The molecule has 8 heavy (non-hydrogen) atoms. The van der Waals surface area contributed by atoms with Crippen LogP contribution < -0.4 is 0 Å². The van der Waals surface area contributed by atoms with E-state index >= 15 is 0 Å². The molecule has 0 aromatic heterocycles. The Morgan fingerprint density at radius 2 is 2.62 bits per heavy atom. The van der Waals surface area contributed by atoms with Crippen molar-refractivity contribution in [2.75, 3.05) is 6.61 Å². The lowest BCUT2D eigenvalue weighted by Gasteiger charge is -1.89. The highest BCUT2D eigenvalue weighted by molar-refractivity contribution is 5.45. The summed E-state index contributed by atoms with van der Waals surface area (Å²) in [5.41, 5.74) is 7.72. The molecule has 0 atom stereocenters. The van der Waals surface area contributed by atoms with E-state index in [4.69, 9.17) is 10.6 Å². The Morgan fingerprint density at radius 1 is 2.00 bits per heavy atom. The first-order chi connectivity index (χ1) is 3.81. The second kappa shape index (κ2) is 3.93. The Balaban J connectivity index is 3.81. The van der Waals surface area contributed by atoms with E-state index in [-0.39, 0.29) is 0 Å². The maximum atomic E-state index is 8.38. The summed E-state index contributed by atoms with van der Waals surface area (Å²) in [4.78, 5) is 2.39. The number of aliphatic hydroxyl groups excluding tert-OH is 1. The van der Waals surface area contributed by atoms with Gasteiger partial charge in [-0.3, -0.25) is 0 Å². The van der Waals surface area contributed by atoms with Crippen molar-refractivity contribution in [3.63, 3.8) is 0 Å². The molecule has 0 rings (SSSR count). The average Bonchev–Trinajstić information content (AvgIpc) is 1.68. The monoisotopic (exact) mass is 114 g/mol. The van der Waals surface area contributed by atoms with Gasteiger partial charge in [-0.05, 0) is 6.92 Å². The lowest BCUT2D eigenvalue weighted by molar-refractivity contribution is -0.00248. The lowest BCUT2D eigenvalue weighted by Crippen LogP contribution is -1.89. The summed E-state index contributed by atoms with van der Waals surface area (Å²) < 4.78 is 4.39. The van der Waals surface area contributed by atoms with Crippen LogP contribution in [0.5, 0.6) is 0 Å². The number of ether oxygens (including phenoxy) is 1. The quantitative estimate of drug-likeness (QED) is 0.243. The SMILES string of the molecule is CCOC(O)=C=[N+]=[N-]. The molecule has 0 fully saturated rings. The van der Waals surface area contributed by atoms with Gasteiger partial charge in [-0.2, -0.15) is 0 Å². The van der Waals surface area contributed by atoms with Crippen LogP contribution >= 0.6 is 0 Å². The van der Waals surface area contributed by atoms with Gasteiger partial charge in [0.2, 0.25) is 0 Å². The third kappa shape index (κ3) is 2.97. The van der Waals surface area contributed by atoms with Crippen molar-refractivity contribution in [1.82, 2.24) is 0 Å². The first-order valence-electron chi connectivity index (χ1n) is 2.10. The van der Waals surface area contributed by atoms with Gasteiger partial charge in [0.05, 0.1) is 6.61 Å². The number of hydrogen-bond donors (Lipinski definition) is 1. The highest BCUT2D eigenvalue weighted by Crippen LogP contribution is 1.79. The Kier molecular flexibility index (Phi) is 3.32. The van der Waals surface area contributed by atoms with Crippen LogP contribution in [0.4, 0.5) is 0 Å². The maximum absolute atomic E-state index is 8.38. The molecule has 1 N–H and O–H groups in total. The predicted octanol–water partition coefficient (Wildman–Crippen LogP) is 0.322. The molecule has 0 saturated heterocycles. The molecule has 0 aromatic rings. The summed E-state index contributed by atoms with van der Waals surface area (Å²) in [7, 11) is 0. The normalized spacial score (nSPS) is 6.62. The van der Waals surface area contributed by atoms with Crippen LogP contribution in [-0.4, -0.2) is 22.4 Å². The van der Waals surface area contributed by atoms with Crippen LogP contribution in [0, 0.1) is 0 Å². The van der Waals surface area contributed by atoms with Gasteiger partial charge in [0.15, 0.2) is 0 Å². The summed E-state index contributed by atoms with van der Waals surface area (Å²) in [6, 6.07) is 0. The topological polar surface area (TPSA) is 65.9 Å². The molecule has 0 bridgehead atoms. The molecule has 4 nitrogen and oxygen atoms in total. The summed E-state index contributed by atoms with van der Waals surface area (Å²) in [5, 5.41) is 8.38. The third-order valence-corrected chi connectivity index (χ3v) is 0.427. The van der Waals surface area contributed by atoms with Gasteiger partial charge in [0, 0.05) is 0 Å². The van der Waals surface area contributed by atoms with Crippen LogP contribution in [0.1, 0.15) is 6.92 Å². The van der Waals surface area contributed by atoms with Crippen LogP contribution in [-0.2, 0) is 4.74 Å². The average molecular weight is 114 g/mol. The highest BCUT2D eigenvalue weighted by atomic mass is 16.6. The van der Waals surface area contributed by atoms with E-state index < -0.39 is 5.95 Å². The zero-order chi connectivity index (χ0) is 6.41. The van der Waals surface area contributed by atoms with E-state index in [0.717, 1.165) is 0 Å². The highest BCUT2D eigenvalue weighted by Gasteiger charge is 1.89. The van der Waals surface area contributed by atoms with Gasteiger partial charge in [-0.1, -0.05) is 0 Å². The first-order valence-corrected chi connectivity index (χ1v) is 2.10. The van der Waals surface area contributed by atoms with Gasteiger partial charge >= 0.3 is 11.8 Å². The van der Waals surface area contributed by atoms with E-state index in [1.165, 1.54) is 0 Å². The third-order valence-electron chi connectivity index (χ3n) is 0.427. The molecule has 4 heteroatoms. The van der Waals surface area contributed by atoms with Crippen molar-refractivity contribution in [2.24, 2.45) is 0 Å². The van der Waals surface area contributed by atoms with E-state index in [9.17, 15) is 0 Å². The molecule has 0 spiro atoms. The minimum Gasteiger partial charge on any atom is -0.470 e. The van der Waals surface area contributed by atoms with Crippen molar-refractivity contribution in [2.45, 2.75) is 6.92 Å². The number of nitrogens with zero attached hydrogens (tertiary/aromatic N) is 2. The van der Waals surface area contributed by atoms with E-state index in [1.54, 1.807) is 12.8 Å². The Hall–Kier alpha value is -1.24. The lowest BCUT2D eigenvalue weighted by atomic mass is 10.8. The molecule has 0 saturated carbocycles. The fourth-order valence-electron chi connectivity index (χ4n) is 0.212. The van der Waals surface area contributed by atoms with Gasteiger partial charge in [-0.15, -0.1) is 4.79 Å². The summed E-state index contributed by atoms with van der Waals surface area (Å²) in [6.07, 6.45) is 0. The molecule has 0 aliphatic rings. The molecule has 0 unspecified atom stereocenters. The fraction of sp³-hybridized carbons (Fsp3) is 0.500.